The van der Waals surface area contributed by atoms with Gasteiger partial charge in [-0.1, -0.05) is 160 Å². The Morgan fingerprint density at radius 3 is 1.43 bits per heavy atom. The topological polar surface area (TPSA) is 134 Å². The van der Waals surface area contributed by atoms with E-state index < -0.39 is 26.5 Å². The first-order valence-electron chi connectivity index (χ1n) is 21.8. The molecular formula is C43H82NO8P. The maximum atomic E-state index is 12.6. The van der Waals surface area contributed by atoms with E-state index >= 15 is 0 Å². The summed E-state index contributed by atoms with van der Waals surface area (Å²) >= 11 is 0. The molecule has 1 unspecified atom stereocenters. The van der Waals surface area contributed by atoms with Crippen LogP contribution in [-0.4, -0.2) is 49.3 Å². The monoisotopic (exact) mass is 772 g/mol. The lowest BCUT2D eigenvalue weighted by molar-refractivity contribution is -0.161. The van der Waals surface area contributed by atoms with Gasteiger partial charge in [0.25, 0.3) is 0 Å². The molecule has 9 nitrogen and oxygen atoms in total. The molecule has 0 aromatic heterocycles. The molecule has 0 rings (SSSR count). The number of carbonyl (C=O) groups excluding carboxylic acids is 2. The molecule has 0 saturated heterocycles. The molecule has 0 aliphatic carbocycles. The normalized spacial score (nSPS) is 13.5. The van der Waals surface area contributed by atoms with Crippen LogP contribution in [0.2, 0.25) is 0 Å². The van der Waals surface area contributed by atoms with Crippen molar-refractivity contribution in [2.75, 3.05) is 26.4 Å². The fraction of sp³-hybridized carbons (Fsp3) is 0.860. The molecule has 10 heteroatoms. The van der Waals surface area contributed by atoms with E-state index in [2.05, 4.69) is 38.2 Å². The van der Waals surface area contributed by atoms with Gasteiger partial charge in [-0.05, 0) is 57.8 Å². The van der Waals surface area contributed by atoms with Crippen molar-refractivity contribution in [1.82, 2.24) is 0 Å². The highest BCUT2D eigenvalue weighted by Gasteiger charge is 2.25. The highest BCUT2D eigenvalue weighted by molar-refractivity contribution is 7.47. The lowest BCUT2D eigenvalue weighted by atomic mass is 10.0. The van der Waals surface area contributed by atoms with Crippen LogP contribution in [0.4, 0.5) is 0 Å². The molecule has 0 aliphatic rings. The second-order valence-corrected chi connectivity index (χ2v) is 16.0. The number of phosphoric acid groups is 1. The van der Waals surface area contributed by atoms with Gasteiger partial charge in [0.05, 0.1) is 13.2 Å². The molecule has 53 heavy (non-hydrogen) atoms. The van der Waals surface area contributed by atoms with Gasteiger partial charge in [0.2, 0.25) is 0 Å². The zero-order valence-corrected chi connectivity index (χ0v) is 35.2. The largest absolute Gasteiger partial charge is 0.472 e. The highest BCUT2D eigenvalue weighted by Crippen LogP contribution is 2.43. The molecule has 3 N–H and O–H groups in total. The third-order valence-corrected chi connectivity index (χ3v) is 10.3. The van der Waals surface area contributed by atoms with E-state index in [4.69, 9.17) is 24.3 Å². The van der Waals surface area contributed by atoms with Gasteiger partial charge in [-0.15, -0.1) is 0 Å². The molecule has 0 spiro atoms. The summed E-state index contributed by atoms with van der Waals surface area (Å²) in [6.07, 6.45) is 42.1. The fourth-order valence-electron chi connectivity index (χ4n) is 6.04. The van der Waals surface area contributed by atoms with Crippen LogP contribution in [0, 0.1) is 0 Å². The summed E-state index contributed by atoms with van der Waals surface area (Å²) in [6, 6.07) is 0. The summed E-state index contributed by atoms with van der Waals surface area (Å²) in [4.78, 5) is 34.8. The first-order chi connectivity index (χ1) is 25.8. The number of carbonyl (C=O) groups is 2. The van der Waals surface area contributed by atoms with E-state index in [-0.39, 0.29) is 38.6 Å². The Bertz CT molecular complexity index is 928. The van der Waals surface area contributed by atoms with Crippen LogP contribution < -0.4 is 5.73 Å². The number of ether oxygens (including phenoxy) is 2. The molecule has 312 valence electrons. The molecular weight excluding hydrogens is 689 g/mol. The smallest absolute Gasteiger partial charge is 0.462 e. The van der Waals surface area contributed by atoms with Crippen LogP contribution >= 0.6 is 7.82 Å². The summed E-state index contributed by atoms with van der Waals surface area (Å²) in [7, 11) is -4.38. The van der Waals surface area contributed by atoms with Gasteiger partial charge in [0.1, 0.15) is 6.61 Å². The molecule has 2 atom stereocenters. The Balaban J connectivity index is 4.17. The summed E-state index contributed by atoms with van der Waals surface area (Å²) in [5.74, 6) is -0.861. The van der Waals surface area contributed by atoms with Crippen LogP contribution in [0.15, 0.2) is 24.3 Å². The maximum Gasteiger partial charge on any atom is 0.472 e. The molecule has 0 heterocycles. The fourth-order valence-corrected chi connectivity index (χ4v) is 6.81. The van der Waals surface area contributed by atoms with Crippen molar-refractivity contribution in [3.8, 4) is 0 Å². The Morgan fingerprint density at radius 1 is 0.547 bits per heavy atom. The molecule has 0 aromatic carbocycles. The number of esters is 2. The maximum absolute atomic E-state index is 12.6. The van der Waals surface area contributed by atoms with Crippen LogP contribution in [-0.2, 0) is 32.7 Å². The van der Waals surface area contributed by atoms with E-state index in [1.165, 1.54) is 141 Å². The van der Waals surface area contributed by atoms with E-state index in [0.29, 0.717) is 6.42 Å². The van der Waals surface area contributed by atoms with Crippen molar-refractivity contribution in [3.63, 3.8) is 0 Å². The molecule has 0 aromatic rings. The Kier molecular flexibility index (Phi) is 39.0. The second-order valence-electron chi connectivity index (χ2n) is 14.6. The second kappa shape index (κ2) is 40.2. The molecule has 0 bridgehead atoms. The minimum absolute atomic E-state index is 0.0507. The number of hydrogen-bond donors (Lipinski definition) is 2. The molecule has 0 aliphatic heterocycles. The van der Waals surface area contributed by atoms with Crippen LogP contribution in [0.3, 0.4) is 0 Å². The van der Waals surface area contributed by atoms with Gasteiger partial charge >= 0.3 is 19.8 Å². The van der Waals surface area contributed by atoms with Gasteiger partial charge < -0.3 is 20.1 Å². The van der Waals surface area contributed by atoms with Crippen molar-refractivity contribution in [2.24, 2.45) is 5.73 Å². The average molecular weight is 772 g/mol. The Labute approximate surface area is 325 Å². The molecule has 0 fully saturated rings. The first-order valence-corrected chi connectivity index (χ1v) is 23.3. The van der Waals surface area contributed by atoms with Crippen molar-refractivity contribution in [3.05, 3.63) is 24.3 Å². The van der Waals surface area contributed by atoms with Gasteiger partial charge in [0, 0.05) is 19.4 Å². The number of allylic oxidation sites excluding steroid dienone is 4. The Morgan fingerprint density at radius 2 is 0.943 bits per heavy atom. The quantitative estimate of drug-likeness (QED) is 0.0269. The minimum Gasteiger partial charge on any atom is -0.462 e. The summed E-state index contributed by atoms with van der Waals surface area (Å²) in [5, 5.41) is 0. The van der Waals surface area contributed by atoms with Crippen molar-refractivity contribution in [1.29, 1.82) is 0 Å². The van der Waals surface area contributed by atoms with E-state index in [9.17, 15) is 19.0 Å². The molecule has 0 saturated carbocycles. The van der Waals surface area contributed by atoms with Gasteiger partial charge in [-0.25, -0.2) is 4.57 Å². The summed E-state index contributed by atoms with van der Waals surface area (Å²) in [6.45, 7) is 3.70. The van der Waals surface area contributed by atoms with Crippen molar-refractivity contribution >= 4 is 19.8 Å². The number of phosphoric ester groups is 1. The van der Waals surface area contributed by atoms with E-state index in [1.54, 1.807) is 0 Å². The number of unbranched alkanes of at least 4 members (excludes halogenated alkanes) is 24. The standard InChI is InChI=1S/C43H82NO8P/c1-3-5-7-9-11-13-15-17-19-20-22-24-26-28-30-32-34-36-43(46)52-41(40-51-53(47,48)50-38-37-44)39-49-42(45)35-33-31-29-27-25-23-21-18-16-14-12-10-8-6-4-2/h11,13,28,30,41H,3-10,12,14-27,29,31-40,44H2,1-2H3,(H,47,48)/b13-11-,30-28-/t41-/m1/s1. The number of nitrogens with two attached hydrogens (primary N) is 1. The summed E-state index contributed by atoms with van der Waals surface area (Å²) in [5.41, 5.74) is 5.34. The van der Waals surface area contributed by atoms with E-state index in [1.807, 2.05) is 0 Å². The zero-order chi connectivity index (χ0) is 38.9. The number of rotatable bonds is 41. The first kappa shape index (κ1) is 51.5. The summed E-state index contributed by atoms with van der Waals surface area (Å²) < 4.78 is 32.7. The lowest BCUT2D eigenvalue weighted by Gasteiger charge is -2.19. The van der Waals surface area contributed by atoms with Crippen LogP contribution in [0.5, 0.6) is 0 Å². The van der Waals surface area contributed by atoms with Gasteiger partial charge in [-0.2, -0.15) is 0 Å². The highest BCUT2D eigenvalue weighted by atomic mass is 31.2. The zero-order valence-electron chi connectivity index (χ0n) is 34.3. The Hall–Kier alpha value is -1.51. The number of hydrogen-bond acceptors (Lipinski definition) is 8. The predicted octanol–water partition coefficient (Wildman–Crippen LogP) is 12.4. The van der Waals surface area contributed by atoms with Crippen molar-refractivity contribution in [2.45, 2.75) is 213 Å². The molecule has 0 amide bonds. The van der Waals surface area contributed by atoms with Crippen LogP contribution in [0.1, 0.15) is 206 Å². The average Bonchev–Trinajstić information content (AvgIpc) is 3.14. The predicted molar refractivity (Wildman–Crippen MR) is 220 cm³/mol. The lowest BCUT2D eigenvalue weighted by Crippen LogP contribution is -2.29. The SMILES string of the molecule is CCCCC/C=C\CCCCCCC/C=C\CCCC(=O)O[C@H](COC(=O)CCCCCCCCCCCCCCCCC)COP(=O)(O)OCCN. The third-order valence-electron chi connectivity index (χ3n) is 9.31. The van der Waals surface area contributed by atoms with Gasteiger partial charge in [0.15, 0.2) is 6.10 Å². The van der Waals surface area contributed by atoms with Crippen molar-refractivity contribution < 1.29 is 37.6 Å². The van der Waals surface area contributed by atoms with Crippen LogP contribution in [0.25, 0.3) is 0 Å². The third kappa shape index (κ3) is 40.0. The van der Waals surface area contributed by atoms with E-state index in [0.717, 1.165) is 32.1 Å². The molecule has 0 radical (unpaired) electrons. The van der Waals surface area contributed by atoms with Gasteiger partial charge in [-0.3, -0.25) is 18.6 Å². The minimum atomic E-state index is -4.38.